The zero-order valence-electron chi connectivity index (χ0n) is 15.6. The molecule has 0 amide bonds. The van der Waals surface area contributed by atoms with Crippen molar-refractivity contribution in [3.63, 3.8) is 0 Å². The minimum atomic E-state index is -4.36. The molecule has 7 heteroatoms. The van der Waals surface area contributed by atoms with E-state index >= 15 is 0 Å². The van der Waals surface area contributed by atoms with Gasteiger partial charge in [0.2, 0.25) is 0 Å². The number of aromatic carboxylic acids is 1. The van der Waals surface area contributed by atoms with Gasteiger partial charge in [0.05, 0.1) is 11.1 Å². The highest BCUT2D eigenvalue weighted by molar-refractivity contribution is 5.88. The maximum absolute atomic E-state index is 12.6. The van der Waals surface area contributed by atoms with E-state index < -0.39 is 17.7 Å². The Balaban J connectivity index is 1.63. The molecule has 0 fully saturated rings. The van der Waals surface area contributed by atoms with Crippen molar-refractivity contribution in [2.45, 2.75) is 6.18 Å². The predicted octanol–water partition coefficient (Wildman–Crippen LogP) is 6.29. The molecule has 3 aromatic carbocycles. The average molecular weight is 414 g/mol. The molecule has 0 spiro atoms. The van der Waals surface area contributed by atoms with Crippen LogP contribution in [0.25, 0.3) is 6.08 Å². The number of para-hydroxylation sites is 2. The Labute approximate surface area is 170 Å². The lowest BCUT2D eigenvalue weighted by Gasteiger charge is -2.11. The standard InChI is InChI=1S/C23H17F3O4/c24-23(25,26)18-12-10-16(11-13-18)5-4-14-29-20-8-1-2-9-21(20)30-19-7-3-6-17(15-19)22(27)28/h1-13,15H,14H2,(H,27,28). The summed E-state index contributed by atoms with van der Waals surface area (Å²) < 4.78 is 49.2. The number of carboxylic acid groups (broad SMARTS) is 1. The fourth-order valence-electron chi connectivity index (χ4n) is 2.58. The first-order chi connectivity index (χ1) is 14.3. The highest BCUT2D eigenvalue weighted by Gasteiger charge is 2.29. The number of hydrogen-bond donors (Lipinski definition) is 1. The van der Waals surface area contributed by atoms with Crippen molar-refractivity contribution in [2.75, 3.05) is 6.61 Å². The van der Waals surface area contributed by atoms with Crippen molar-refractivity contribution in [3.8, 4) is 17.2 Å². The van der Waals surface area contributed by atoms with Crippen LogP contribution in [-0.2, 0) is 6.18 Å². The van der Waals surface area contributed by atoms with E-state index in [0.29, 0.717) is 22.8 Å². The van der Waals surface area contributed by atoms with E-state index in [4.69, 9.17) is 14.6 Å². The Morgan fingerprint density at radius 1 is 0.933 bits per heavy atom. The van der Waals surface area contributed by atoms with E-state index in [2.05, 4.69) is 0 Å². The molecule has 30 heavy (non-hydrogen) atoms. The molecule has 0 aliphatic carbocycles. The van der Waals surface area contributed by atoms with Gasteiger partial charge >= 0.3 is 12.1 Å². The van der Waals surface area contributed by atoms with Crippen LogP contribution in [0.2, 0.25) is 0 Å². The Hall–Kier alpha value is -3.74. The molecule has 0 atom stereocenters. The number of alkyl halides is 3. The summed E-state index contributed by atoms with van der Waals surface area (Å²) in [5.41, 5.74) is 0.0148. The van der Waals surface area contributed by atoms with Gasteiger partial charge in [0, 0.05) is 0 Å². The zero-order valence-corrected chi connectivity index (χ0v) is 15.6. The topological polar surface area (TPSA) is 55.8 Å². The first kappa shape index (κ1) is 21.0. The van der Waals surface area contributed by atoms with Crippen LogP contribution in [-0.4, -0.2) is 17.7 Å². The highest BCUT2D eigenvalue weighted by Crippen LogP contribution is 2.32. The fourth-order valence-corrected chi connectivity index (χ4v) is 2.58. The van der Waals surface area contributed by atoms with E-state index in [0.717, 1.165) is 12.1 Å². The number of ether oxygens (including phenoxy) is 2. The molecule has 0 saturated carbocycles. The molecule has 3 aromatic rings. The van der Waals surface area contributed by atoms with Gasteiger partial charge in [-0.2, -0.15) is 13.2 Å². The van der Waals surface area contributed by atoms with Crippen LogP contribution in [0.15, 0.2) is 78.9 Å². The molecule has 0 radical (unpaired) electrons. The second-order valence-electron chi connectivity index (χ2n) is 6.21. The van der Waals surface area contributed by atoms with Gasteiger partial charge in [-0.1, -0.05) is 36.4 Å². The van der Waals surface area contributed by atoms with E-state index in [1.54, 1.807) is 48.6 Å². The van der Waals surface area contributed by atoms with Crippen molar-refractivity contribution < 1.29 is 32.5 Å². The minimum absolute atomic E-state index is 0.102. The lowest BCUT2D eigenvalue weighted by molar-refractivity contribution is -0.137. The van der Waals surface area contributed by atoms with Crippen molar-refractivity contribution in [1.82, 2.24) is 0 Å². The Morgan fingerprint density at radius 2 is 1.63 bits per heavy atom. The Bertz CT molecular complexity index is 1040. The predicted molar refractivity (Wildman–Crippen MR) is 106 cm³/mol. The monoisotopic (exact) mass is 414 g/mol. The van der Waals surface area contributed by atoms with Crippen molar-refractivity contribution in [3.05, 3.63) is 95.6 Å². The van der Waals surface area contributed by atoms with Gasteiger partial charge < -0.3 is 14.6 Å². The number of halogens is 3. The molecule has 0 aliphatic rings. The van der Waals surface area contributed by atoms with E-state index in [1.165, 1.54) is 24.3 Å². The van der Waals surface area contributed by atoms with Gasteiger partial charge in [-0.3, -0.25) is 0 Å². The third-order valence-electron chi connectivity index (χ3n) is 4.04. The second-order valence-corrected chi connectivity index (χ2v) is 6.21. The molecule has 0 aliphatic heterocycles. The second kappa shape index (κ2) is 9.17. The van der Waals surface area contributed by atoms with E-state index in [1.807, 2.05) is 0 Å². The van der Waals surface area contributed by atoms with Crippen molar-refractivity contribution >= 4 is 12.0 Å². The maximum Gasteiger partial charge on any atom is 0.416 e. The molecule has 0 heterocycles. The van der Waals surface area contributed by atoms with E-state index in [-0.39, 0.29) is 12.2 Å². The zero-order chi connectivity index (χ0) is 21.6. The van der Waals surface area contributed by atoms with Crippen molar-refractivity contribution in [1.29, 1.82) is 0 Å². The molecular weight excluding hydrogens is 397 g/mol. The van der Waals surface area contributed by atoms with Crippen LogP contribution in [0, 0.1) is 0 Å². The first-order valence-corrected chi connectivity index (χ1v) is 8.90. The summed E-state index contributed by atoms with van der Waals surface area (Å²) in [4.78, 5) is 11.1. The molecule has 0 unspecified atom stereocenters. The lowest BCUT2D eigenvalue weighted by Crippen LogP contribution is -2.04. The number of rotatable bonds is 7. The largest absolute Gasteiger partial charge is 0.486 e. The quantitative estimate of drug-likeness (QED) is 0.494. The fraction of sp³-hybridized carbons (Fsp3) is 0.0870. The molecule has 0 saturated heterocycles. The van der Waals surface area contributed by atoms with Crippen LogP contribution in [0.5, 0.6) is 17.2 Å². The van der Waals surface area contributed by atoms with Gasteiger partial charge in [-0.15, -0.1) is 0 Å². The van der Waals surface area contributed by atoms with Gasteiger partial charge in [0.1, 0.15) is 12.4 Å². The summed E-state index contributed by atoms with van der Waals surface area (Å²) in [6.45, 7) is 0.163. The smallest absolute Gasteiger partial charge is 0.416 e. The van der Waals surface area contributed by atoms with Gasteiger partial charge in [0.15, 0.2) is 11.5 Å². The van der Waals surface area contributed by atoms with E-state index in [9.17, 15) is 18.0 Å². The third kappa shape index (κ3) is 5.64. The number of benzene rings is 3. The van der Waals surface area contributed by atoms with Gasteiger partial charge in [0.25, 0.3) is 0 Å². The average Bonchev–Trinajstić information content (AvgIpc) is 2.72. The molecule has 154 valence electrons. The van der Waals surface area contributed by atoms with Crippen LogP contribution >= 0.6 is 0 Å². The van der Waals surface area contributed by atoms with Crippen LogP contribution in [0.3, 0.4) is 0 Å². The van der Waals surface area contributed by atoms with Gasteiger partial charge in [-0.05, 0) is 54.1 Å². The summed E-state index contributed by atoms with van der Waals surface area (Å²) in [6, 6.07) is 17.8. The molecule has 1 N–H and O–H groups in total. The minimum Gasteiger partial charge on any atom is -0.486 e. The highest BCUT2D eigenvalue weighted by atomic mass is 19.4. The van der Waals surface area contributed by atoms with Crippen LogP contribution < -0.4 is 9.47 Å². The Morgan fingerprint density at radius 3 is 2.30 bits per heavy atom. The molecule has 0 bridgehead atoms. The molecule has 3 rings (SSSR count). The number of hydrogen-bond acceptors (Lipinski definition) is 3. The summed E-state index contributed by atoms with van der Waals surface area (Å²) in [5, 5.41) is 9.08. The third-order valence-corrected chi connectivity index (χ3v) is 4.04. The van der Waals surface area contributed by atoms with Gasteiger partial charge in [-0.25, -0.2) is 4.79 Å². The summed E-state index contributed by atoms with van der Waals surface area (Å²) in [5.74, 6) is 0.142. The SMILES string of the molecule is O=C(O)c1cccc(Oc2ccccc2OCC=Cc2ccc(C(F)(F)F)cc2)c1. The summed E-state index contributed by atoms with van der Waals surface area (Å²) >= 11 is 0. The summed E-state index contributed by atoms with van der Waals surface area (Å²) in [6.07, 6.45) is -1.04. The lowest BCUT2D eigenvalue weighted by atomic mass is 10.1. The normalized spacial score (nSPS) is 11.4. The van der Waals surface area contributed by atoms with Crippen LogP contribution in [0.1, 0.15) is 21.5 Å². The maximum atomic E-state index is 12.6. The molecular formula is C23H17F3O4. The number of carbonyl (C=O) groups is 1. The van der Waals surface area contributed by atoms with Crippen LogP contribution in [0.4, 0.5) is 13.2 Å². The first-order valence-electron chi connectivity index (χ1n) is 8.90. The Kier molecular flexibility index (Phi) is 6.41. The van der Waals surface area contributed by atoms with Crippen molar-refractivity contribution in [2.24, 2.45) is 0 Å². The molecule has 0 aromatic heterocycles. The summed E-state index contributed by atoms with van der Waals surface area (Å²) in [7, 11) is 0. The number of carboxylic acids is 1. The molecule has 4 nitrogen and oxygen atoms in total.